The lowest BCUT2D eigenvalue weighted by Crippen LogP contribution is -2.23. The molecule has 0 radical (unpaired) electrons. The van der Waals surface area contributed by atoms with Gasteiger partial charge in [0.05, 0.1) is 5.56 Å². The minimum absolute atomic E-state index is 0.0808. The van der Waals surface area contributed by atoms with Crippen molar-refractivity contribution in [2.75, 3.05) is 11.9 Å². The summed E-state index contributed by atoms with van der Waals surface area (Å²) in [5.74, 6) is 2.51. The Morgan fingerprint density at radius 2 is 1.81 bits per heavy atom. The van der Waals surface area contributed by atoms with Gasteiger partial charge in [0.25, 0.3) is 0 Å². The van der Waals surface area contributed by atoms with E-state index in [2.05, 4.69) is 38.0 Å². The van der Waals surface area contributed by atoms with E-state index in [1.807, 2.05) is 6.92 Å². The van der Waals surface area contributed by atoms with Gasteiger partial charge in [-0.05, 0) is 39.5 Å². The first kappa shape index (κ1) is 16.1. The highest BCUT2D eigenvalue weighted by Crippen LogP contribution is 2.30. The molecule has 1 aromatic heterocycles. The monoisotopic (exact) mass is 291 g/mol. The number of nitrogens with one attached hydrogen (secondary N) is 1. The van der Waals surface area contributed by atoms with Crippen LogP contribution in [0.3, 0.4) is 0 Å². The fourth-order valence-corrected chi connectivity index (χ4v) is 2.63. The van der Waals surface area contributed by atoms with E-state index < -0.39 is 0 Å². The van der Waals surface area contributed by atoms with Crippen LogP contribution in [0, 0.1) is 6.92 Å². The van der Waals surface area contributed by atoms with Gasteiger partial charge in [-0.3, -0.25) is 0 Å². The molecule has 1 fully saturated rings. The van der Waals surface area contributed by atoms with Crippen molar-refractivity contribution < 1.29 is 4.74 Å². The van der Waals surface area contributed by atoms with Gasteiger partial charge in [0, 0.05) is 12.0 Å². The molecule has 1 saturated carbocycles. The van der Waals surface area contributed by atoms with Gasteiger partial charge in [-0.25, -0.2) is 4.98 Å². The van der Waals surface area contributed by atoms with Crippen molar-refractivity contribution in [3.05, 3.63) is 11.4 Å². The predicted molar refractivity (Wildman–Crippen MR) is 87.1 cm³/mol. The number of hydrogen-bond acceptors (Lipinski definition) is 4. The Morgan fingerprint density at radius 1 is 1.14 bits per heavy atom. The van der Waals surface area contributed by atoms with Crippen molar-refractivity contribution in [3.63, 3.8) is 0 Å². The van der Waals surface area contributed by atoms with Gasteiger partial charge in [-0.2, -0.15) is 4.98 Å². The van der Waals surface area contributed by atoms with Crippen molar-refractivity contribution in [2.45, 2.75) is 78.2 Å². The number of ether oxygens (including phenoxy) is 1. The molecule has 4 nitrogen and oxygen atoms in total. The van der Waals surface area contributed by atoms with Crippen LogP contribution >= 0.6 is 0 Å². The SMILES string of the molecule is CCNc1nc(C(C)(C)C)nc(OC2CCCCC2)c1C. The standard InChI is InChI=1S/C17H29N3O/c1-6-18-14-12(2)15(20-16(19-14)17(3,4)5)21-13-10-8-7-9-11-13/h13H,6-11H2,1-5H3,(H,18,19,20). The molecule has 0 bridgehead atoms. The van der Waals surface area contributed by atoms with Crippen LogP contribution in [-0.2, 0) is 5.41 Å². The molecule has 1 heterocycles. The smallest absolute Gasteiger partial charge is 0.222 e. The van der Waals surface area contributed by atoms with Gasteiger partial charge in [0.2, 0.25) is 5.88 Å². The molecule has 21 heavy (non-hydrogen) atoms. The van der Waals surface area contributed by atoms with Crippen molar-refractivity contribution in [2.24, 2.45) is 0 Å². The molecular formula is C17H29N3O. The summed E-state index contributed by atoms with van der Waals surface area (Å²) in [4.78, 5) is 9.39. The van der Waals surface area contributed by atoms with Gasteiger partial charge < -0.3 is 10.1 Å². The largest absolute Gasteiger partial charge is 0.474 e. The Hall–Kier alpha value is -1.32. The van der Waals surface area contributed by atoms with Crippen LogP contribution < -0.4 is 10.1 Å². The second kappa shape index (κ2) is 6.63. The summed E-state index contributed by atoms with van der Waals surface area (Å²) < 4.78 is 6.22. The molecule has 1 aromatic rings. The number of hydrogen-bond donors (Lipinski definition) is 1. The maximum Gasteiger partial charge on any atom is 0.222 e. The zero-order chi connectivity index (χ0) is 15.5. The van der Waals surface area contributed by atoms with Crippen molar-refractivity contribution in [3.8, 4) is 5.88 Å². The summed E-state index contributed by atoms with van der Waals surface area (Å²) in [6, 6.07) is 0. The van der Waals surface area contributed by atoms with E-state index in [1.54, 1.807) is 0 Å². The Kier molecular flexibility index (Phi) is 5.07. The van der Waals surface area contributed by atoms with Crippen LogP contribution in [-0.4, -0.2) is 22.6 Å². The average molecular weight is 291 g/mol. The molecule has 0 aromatic carbocycles. The van der Waals surface area contributed by atoms with E-state index in [1.165, 1.54) is 19.3 Å². The second-order valence-corrected chi connectivity index (χ2v) is 6.98. The molecule has 0 atom stereocenters. The molecule has 0 saturated heterocycles. The normalized spacial score (nSPS) is 16.8. The summed E-state index contributed by atoms with van der Waals surface area (Å²) in [6.45, 7) is 11.4. The lowest BCUT2D eigenvalue weighted by atomic mass is 9.95. The first-order valence-corrected chi connectivity index (χ1v) is 8.21. The maximum absolute atomic E-state index is 6.22. The van der Waals surface area contributed by atoms with Crippen molar-refractivity contribution in [1.82, 2.24) is 9.97 Å². The minimum atomic E-state index is -0.0808. The molecule has 0 amide bonds. The number of rotatable bonds is 4. The van der Waals surface area contributed by atoms with E-state index >= 15 is 0 Å². The molecule has 1 aliphatic carbocycles. The molecule has 4 heteroatoms. The lowest BCUT2D eigenvalue weighted by molar-refractivity contribution is 0.146. The van der Waals surface area contributed by atoms with E-state index in [9.17, 15) is 0 Å². The Bertz CT molecular complexity index is 474. The summed E-state index contributed by atoms with van der Waals surface area (Å²) in [5.41, 5.74) is 0.943. The van der Waals surface area contributed by atoms with Crippen LogP contribution in [0.2, 0.25) is 0 Å². The highest BCUT2D eigenvalue weighted by atomic mass is 16.5. The molecule has 0 unspecified atom stereocenters. The summed E-state index contributed by atoms with van der Waals surface area (Å²) in [7, 11) is 0. The molecule has 1 N–H and O–H groups in total. The predicted octanol–water partition coefficient (Wildman–Crippen LogP) is 4.23. The fraction of sp³-hybridized carbons (Fsp3) is 0.765. The zero-order valence-electron chi connectivity index (χ0n) is 14.1. The third-order valence-corrected chi connectivity index (χ3v) is 3.95. The summed E-state index contributed by atoms with van der Waals surface area (Å²) in [5, 5.41) is 3.33. The minimum Gasteiger partial charge on any atom is -0.474 e. The zero-order valence-corrected chi connectivity index (χ0v) is 14.1. The fourth-order valence-electron chi connectivity index (χ4n) is 2.63. The lowest BCUT2D eigenvalue weighted by Gasteiger charge is -2.25. The van der Waals surface area contributed by atoms with Crippen LogP contribution in [0.4, 0.5) is 5.82 Å². The molecule has 0 spiro atoms. The molecule has 1 aliphatic rings. The highest BCUT2D eigenvalue weighted by Gasteiger charge is 2.23. The van der Waals surface area contributed by atoms with E-state index in [0.29, 0.717) is 6.10 Å². The first-order chi connectivity index (χ1) is 9.91. The molecule has 0 aliphatic heterocycles. The average Bonchev–Trinajstić information content (AvgIpc) is 2.43. The van der Waals surface area contributed by atoms with Crippen LogP contribution in [0.25, 0.3) is 0 Å². The van der Waals surface area contributed by atoms with Crippen LogP contribution in [0.5, 0.6) is 5.88 Å². The van der Waals surface area contributed by atoms with Gasteiger partial charge >= 0.3 is 0 Å². The Morgan fingerprint density at radius 3 is 2.38 bits per heavy atom. The molecule has 118 valence electrons. The second-order valence-electron chi connectivity index (χ2n) is 6.98. The van der Waals surface area contributed by atoms with Gasteiger partial charge in [-0.1, -0.05) is 27.2 Å². The summed E-state index contributed by atoms with van der Waals surface area (Å²) >= 11 is 0. The third-order valence-electron chi connectivity index (χ3n) is 3.95. The number of anilines is 1. The topological polar surface area (TPSA) is 47.0 Å². The van der Waals surface area contributed by atoms with Gasteiger partial charge in [0.15, 0.2) is 0 Å². The number of nitrogens with zero attached hydrogens (tertiary/aromatic N) is 2. The summed E-state index contributed by atoms with van der Waals surface area (Å²) in [6.07, 6.45) is 6.46. The molecular weight excluding hydrogens is 262 g/mol. The highest BCUT2D eigenvalue weighted by molar-refractivity contribution is 5.49. The maximum atomic E-state index is 6.22. The molecule has 2 rings (SSSR count). The van der Waals surface area contributed by atoms with Crippen LogP contribution in [0.15, 0.2) is 0 Å². The van der Waals surface area contributed by atoms with E-state index in [4.69, 9.17) is 9.72 Å². The Labute approximate surface area is 128 Å². The van der Waals surface area contributed by atoms with Crippen LogP contribution in [0.1, 0.15) is 71.2 Å². The quantitative estimate of drug-likeness (QED) is 0.902. The van der Waals surface area contributed by atoms with E-state index in [0.717, 1.165) is 42.5 Å². The Balaban J connectivity index is 2.30. The first-order valence-electron chi connectivity index (χ1n) is 8.21. The number of aromatic nitrogens is 2. The van der Waals surface area contributed by atoms with Crippen molar-refractivity contribution in [1.29, 1.82) is 0 Å². The van der Waals surface area contributed by atoms with Crippen molar-refractivity contribution >= 4 is 5.82 Å². The third kappa shape index (κ3) is 4.08. The van der Waals surface area contributed by atoms with Gasteiger partial charge in [0.1, 0.15) is 17.7 Å². The van der Waals surface area contributed by atoms with Gasteiger partial charge in [-0.15, -0.1) is 0 Å². The van der Waals surface area contributed by atoms with E-state index in [-0.39, 0.29) is 5.41 Å².